The lowest BCUT2D eigenvalue weighted by atomic mass is 10.2. The van der Waals surface area contributed by atoms with Crippen molar-refractivity contribution < 1.29 is 4.39 Å². The van der Waals surface area contributed by atoms with E-state index >= 15 is 0 Å². The van der Waals surface area contributed by atoms with Crippen molar-refractivity contribution >= 4 is 15.9 Å². The number of rotatable bonds is 4. The maximum Gasteiger partial charge on any atom is 0.138 e. The van der Waals surface area contributed by atoms with Crippen LogP contribution in [0.3, 0.4) is 0 Å². The molecular formula is C13H13BrFN3. The van der Waals surface area contributed by atoms with Gasteiger partial charge in [0, 0.05) is 34.5 Å². The minimum atomic E-state index is -0.262. The highest BCUT2D eigenvalue weighted by Crippen LogP contribution is 2.27. The second-order valence-corrected chi connectivity index (χ2v) is 5.39. The van der Waals surface area contributed by atoms with Crippen LogP contribution >= 0.6 is 15.9 Å². The van der Waals surface area contributed by atoms with Crippen LogP contribution < -0.4 is 5.32 Å². The zero-order valence-electron chi connectivity index (χ0n) is 9.71. The molecule has 0 atom stereocenters. The van der Waals surface area contributed by atoms with Crippen molar-refractivity contribution in [3.8, 4) is 11.4 Å². The standard InChI is InChI=1S/C13H13BrFN3/c14-12-4-1-8(15)5-11(12)13-17-7-10(18-13)6-16-9-2-3-9/h1,4-5,7,9,16H,2-3,6H2,(H,17,18). The number of hydrogen-bond donors (Lipinski definition) is 2. The fourth-order valence-electron chi connectivity index (χ4n) is 1.81. The third-order valence-electron chi connectivity index (χ3n) is 2.97. The Kier molecular flexibility index (Phi) is 3.18. The normalized spacial score (nSPS) is 15.0. The molecule has 1 aliphatic rings. The Bertz CT molecular complexity index is 563. The molecule has 3 rings (SSSR count). The third kappa shape index (κ3) is 2.62. The molecule has 94 valence electrons. The van der Waals surface area contributed by atoms with Crippen molar-refractivity contribution in [2.24, 2.45) is 0 Å². The molecule has 1 saturated carbocycles. The lowest BCUT2D eigenvalue weighted by Crippen LogP contribution is -2.15. The molecule has 0 saturated heterocycles. The monoisotopic (exact) mass is 309 g/mol. The molecule has 1 aromatic heterocycles. The van der Waals surface area contributed by atoms with Gasteiger partial charge in [0.05, 0.1) is 0 Å². The van der Waals surface area contributed by atoms with E-state index in [4.69, 9.17) is 0 Å². The predicted octanol–water partition coefficient (Wildman–Crippen LogP) is 3.23. The molecule has 0 aliphatic heterocycles. The van der Waals surface area contributed by atoms with Crippen molar-refractivity contribution in [1.29, 1.82) is 0 Å². The Balaban J connectivity index is 1.80. The number of aromatic nitrogens is 2. The molecule has 0 amide bonds. The van der Waals surface area contributed by atoms with Gasteiger partial charge in [0.25, 0.3) is 0 Å². The van der Waals surface area contributed by atoms with Crippen molar-refractivity contribution in [1.82, 2.24) is 15.3 Å². The van der Waals surface area contributed by atoms with Gasteiger partial charge in [-0.2, -0.15) is 0 Å². The second-order valence-electron chi connectivity index (χ2n) is 4.54. The van der Waals surface area contributed by atoms with E-state index in [-0.39, 0.29) is 5.82 Å². The summed E-state index contributed by atoms with van der Waals surface area (Å²) in [6.45, 7) is 0.782. The Labute approximate surface area is 113 Å². The highest BCUT2D eigenvalue weighted by molar-refractivity contribution is 9.10. The lowest BCUT2D eigenvalue weighted by molar-refractivity contribution is 0.628. The molecule has 18 heavy (non-hydrogen) atoms. The van der Waals surface area contributed by atoms with E-state index in [1.165, 1.54) is 25.0 Å². The first-order chi connectivity index (χ1) is 8.72. The lowest BCUT2D eigenvalue weighted by Gasteiger charge is -2.02. The smallest absolute Gasteiger partial charge is 0.138 e. The summed E-state index contributed by atoms with van der Waals surface area (Å²) >= 11 is 3.41. The molecule has 3 nitrogen and oxygen atoms in total. The van der Waals surface area contributed by atoms with E-state index in [9.17, 15) is 4.39 Å². The molecule has 1 heterocycles. The summed E-state index contributed by atoms with van der Waals surface area (Å²) in [5, 5.41) is 3.41. The summed E-state index contributed by atoms with van der Waals surface area (Å²) in [5.41, 5.74) is 1.76. The molecule has 1 aromatic carbocycles. The van der Waals surface area contributed by atoms with Crippen LogP contribution in [0.1, 0.15) is 18.5 Å². The van der Waals surface area contributed by atoms with E-state index in [0.29, 0.717) is 11.9 Å². The van der Waals surface area contributed by atoms with Crippen LogP contribution in [0.25, 0.3) is 11.4 Å². The molecule has 0 unspecified atom stereocenters. The first kappa shape index (κ1) is 11.9. The first-order valence-corrected chi connectivity index (χ1v) is 6.74. The van der Waals surface area contributed by atoms with Gasteiger partial charge in [0.2, 0.25) is 0 Å². The van der Waals surface area contributed by atoms with Gasteiger partial charge >= 0.3 is 0 Å². The number of halogens is 2. The van der Waals surface area contributed by atoms with Crippen molar-refractivity contribution in [3.63, 3.8) is 0 Å². The summed E-state index contributed by atoms with van der Waals surface area (Å²) in [4.78, 5) is 7.50. The minimum absolute atomic E-state index is 0.262. The third-order valence-corrected chi connectivity index (χ3v) is 3.66. The second kappa shape index (κ2) is 4.82. The number of hydrogen-bond acceptors (Lipinski definition) is 2. The Morgan fingerprint density at radius 3 is 3.06 bits per heavy atom. The summed E-state index contributed by atoms with van der Waals surface area (Å²) in [5.74, 6) is 0.427. The van der Waals surface area contributed by atoms with Crippen LogP contribution in [-0.4, -0.2) is 16.0 Å². The van der Waals surface area contributed by atoms with E-state index in [0.717, 1.165) is 22.3 Å². The number of imidazole rings is 1. The van der Waals surface area contributed by atoms with Crippen LogP contribution in [0.15, 0.2) is 28.9 Å². The summed E-state index contributed by atoms with van der Waals surface area (Å²) in [7, 11) is 0. The Morgan fingerprint density at radius 2 is 2.28 bits per heavy atom. The van der Waals surface area contributed by atoms with Gasteiger partial charge in [-0.3, -0.25) is 0 Å². The molecule has 1 fully saturated rings. The summed E-state index contributed by atoms with van der Waals surface area (Å²) in [6.07, 6.45) is 4.31. The summed E-state index contributed by atoms with van der Waals surface area (Å²) < 4.78 is 14.1. The van der Waals surface area contributed by atoms with Gasteiger partial charge in [0.1, 0.15) is 11.6 Å². The fraction of sp³-hybridized carbons (Fsp3) is 0.308. The average molecular weight is 310 g/mol. The number of aromatic amines is 1. The van der Waals surface area contributed by atoms with Gasteiger partial charge in [-0.05, 0) is 31.0 Å². The van der Waals surface area contributed by atoms with Crippen LogP contribution in [0.2, 0.25) is 0 Å². The number of H-pyrrole nitrogens is 1. The minimum Gasteiger partial charge on any atom is -0.341 e. The van der Waals surface area contributed by atoms with E-state index < -0.39 is 0 Å². The number of benzene rings is 1. The quantitative estimate of drug-likeness (QED) is 0.910. The zero-order valence-corrected chi connectivity index (χ0v) is 11.3. The number of nitrogens with zero attached hydrogens (tertiary/aromatic N) is 1. The predicted molar refractivity (Wildman–Crippen MR) is 71.5 cm³/mol. The largest absolute Gasteiger partial charge is 0.341 e. The zero-order chi connectivity index (χ0) is 12.5. The molecule has 5 heteroatoms. The SMILES string of the molecule is Fc1ccc(Br)c(-c2ncc(CNC3CC3)[nH]2)c1. The average Bonchev–Trinajstić information content (AvgIpc) is 3.08. The summed E-state index contributed by atoms with van der Waals surface area (Å²) in [6, 6.07) is 5.25. The maximum absolute atomic E-state index is 13.2. The van der Waals surface area contributed by atoms with E-state index in [1.807, 2.05) is 0 Å². The van der Waals surface area contributed by atoms with Gasteiger partial charge in [-0.1, -0.05) is 15.9 Å². The maximum atomic E-state index is 13.2. The van der Waals surface area contributed by atoms with Crippen LogP contribution in [0.5, 0.6) is 0 Å². The van der Waals surface area contributed by atoms with Gasteiger partial charge < -0.3 is 10.3 Å². The number of nitrogens with one attached hydrogen (secondary N) is 2. The highest BCUT2D eigenvalue weighted by Gasteiger charge is 2.20. The molecule has 0 spiro atoms. The van der Waals surface area contributed by atoms with Gasteiger partial charge in [0.15, 0.2) is 0 Å². The van der Waals surface area contributed by atoms with Gasteiger partial charge in [-0.15, -0.1) is 0 Å². The molecule has 0 bridgehead atoms. The molecule has 0 radical (unpaired) electrons. The van der Waals surface area contributed by atoms with Crippen molar-refractivity contribution in [2.75, 3.05) is 0 Å². The van der Waals surface area contributed by atoms with Crippen LogP contribution in [0.4, 0.5) is 4.39 Å². The Hall–Kier alpha value is -1.20. The molecule has 2 N–H and O–H groups in total. The fourth-order valence-corrected chi connectivity index (χ4v) is 2.24. The van der Waals surface area contributed by atoms with E-state index in [2.05, 4.69) is 31.2 Å². The van der Waals surface area contributed by atoms with Gasteiger partial charge in [-0.25, -0.2) is 9.37 Å². The topological polar surface area (TPSA) is 40.7 Å². The Morgan fingerprint density at radius 1 is 1.44 bits per heavy atom. The van der Waals surface area contributed by atoms with Crippen molar-refractivity contribution in [2.45, 2.75) is 25.4 Å². The molecule has 1 aliphatic carbocycles. The van der Waals surface area contributed by atoms with Crippen LogP contribution in [0, 0.1) is 5.82 Å². The molecule has 2 aromatic rings. The van der Waals surface area contributed by atoms with Crippen molar-refractivity contribution in [3.05, 3.63) is 40.4 Å². The van der Waals surface area contributed by atoms with E-state index in [1.54, 1.807) is 12.3 Å². The first-order valence-electron chi connectivity index (χ1n) is 5.95. The van der Waals surface area contributed by atoms with Crippen LogP contribution in [-0.2, 0) is 6.54 Å². The molecular weight excluding hydrogens is 297 g/mol. The highest BCUT2D eigenvalue weighted by atomic mass is 79.9.